The van der Waals surface area contributed by atoms with Gasteiger partial charge in [-0.2, -0.15) is 0 Å². The van der Waals surface area contributed by atoms with Gasteiger partial charge in [-0.3, -0.25) is 4.90 Å². The van der Waals surface area contributed by atoms with Gasteiger partial charge in [-0.25, -0.2) is 4.98 Å². The zero-order valence-electron chi connectivity index (χ0n) is 13.9. The van der Waals surface area contributed by atoms with Crippen LogP contribution in [0, 0.1) is 0 Å². The number of rotatable bonds is 8. The monoisotopic (exact) mass is 314 g/mol. The van der Waals surface area contributed by atoms with Crippen molar-refractivity contribution in [3.63, 3.8) is 0 Å². The SMILES string of the molecule is C=C/C(OC)=C(\C=C)N1CCN(CCNc2ccccn2)CC1. The van der Waals surface area contributed by atoms with E-state index in [4.69, 9.17) is 4.74 Å². The van der Waals surface area contributed by atoms with Crippen LogP contribution in [-0.2, 0) is 4.74 Å². The van der Waals surface area contributed by atoms with Gasteiger partial charge in [-0.1, -0.05) is 19.2 Å². The van der Waals surface area contributed by atoms with E-state index in [0.717, 1.165) is 56.5 Å². The number of allylic oxidation sites excluding steroid dienone is 2. The van der Waals surface area contributed by atoms with Crippen LogP contribution in [0.2, 0.25) is 0 Å². The number of nitrogens with zero attached hydrogens (tertiary/aromatic N) is 3. The Labute approximate surface area is 139 Å². The molecule has 0 atom stereocenters. The quantitative estimate of drug-likeness (QED) is 0.589. The molecule has 0 radical (unpaired) electrons. The van der Waals surface area contributed by atoms with Gasteiger partial charge in [0.2, 0.25) is 0 Å². The highest BCUT2D eigenvalue weighted by Gasteiger charge is 2.19. The number of anilines is 1. The highest BCUT2D eigenvalue weighted by molar-refractivity contribution is 5.32. The fraction of sp³-hybridized carbons (Fsp3) is 0.389. The lowest BCUT2D eigenvalue weighted by Gasteiger charge is -2.37. The molecule has 2 rings (SSSR count). The maximum Gasteiger partial charge on any atom is 0.141 e. The van der Waals surface area contributed by atoms with Crippen LogP contribution in [0.1, 0.15) is 0 Å². The van der Waals surface area contributed by atoms with Crippen LogP contribution < -0.4 is 5.32 Å². The predicted octanol–water partition coefficient (Wildman–Crippen LogP) is 2.34. The smallest absolute Gasteiger partial charge is 0.141 e. The van der Waals surface area contributed by atoms with Crippen molar-refractivity contribution in [3.05, 3.63) is 61.2 Å². The molecule has 1 fully saturated rings. The Bertz CT molecular complexity index is 533. The summed E-state index contributed by atoms with van der Waals surface area (Å²) < 4.78 is 5.36. The van der Waals surface area contributed by atoms with E-state index in [-0.39, 0.29) is 0 Å². The largest absolute Gasteiger partial charge is 0.495 e. The van der Waals surface area contributed by atoms with Crippen molar-refractivity contribution in [2.45, 2.75) is 0 Å². The molecule has 2 heterocycles. The fourth-order valence-corrected chi connectivity index (χ4v) is 2.70. The molecule has 5 heteroatoms. The van der Waals surface area contributed by atoms with Gasteiger partial charge >= 0.3 is 0 Å². The van der Waals surface area contributed by atoms with Crippen LogP contribution >= 0.6 is 0 Å². The van der Waals surface area contributed by atoms with Crippen molar-refractivity contribution in [1.82, 2.24) is 14.8 Å². The number of methoxy groups -OCH3 is 1. The van der Waals surface area contributed by atoms with E-state index in [1.165, 1.54) is 0 Å². The maximum atomic E-state index is 5.36. The molecule has 5 nitrogen and oxygen atoms in total. The highest BCUT2D eigenvalue weighted by atomic mass is 16.5. The summed E-state index contributed by atoms with van der Waals surface area (Å²) in [6, 6.07) is 5.90. The molecule has 1 N–H and O–H groups in total. The molecule has 1 aliphatic heterocycles. The first-order chi connectivity index (χ1) is 11.3. The molecule has 124 valence electrons. The van der Waals surface area contributed by atoms with E-state index in [9.17, 15) is 0 Å². The van der Waals surface area contributed by atoms with Gasteiger partial charge in [0, 0.05) is 45.5 Å². The van der Waals surface area contributed by atoms with Gasteiger partial charge in [0.25, 0.3) is 0 Å². The second-order valence-corrected chi connectivity index (χ2v) is 5.33. The number of hydrogen-bond donors (Lipinski definition) is 1. The zero-order valence-corrected chi connectivity index (χ0v) is 13.9. The van der Waals surface area contributed by atoms with Gasteiger partial charge in [0.15, 0.2) is 0 Å². The second-order valence-electron chi connectivity index (χ2n) is 5.33. The molecule has 0 saturated carbocycles. The van der Waals surface area contributed by atoms with E-state index < -0.39 is 0 Å². The van der Waals surface area contributed by atoms with Gasteiger partial charge < -0.3 is 15.0 Å². The van der Waals surface area contributed by atoms with Crippen molar-refractivity contribution in [2.75, 3.05) is 51.7 Å². The van der Waals surface area contributed by atoms with Crippen molar-refractivity contribution >= 4 is 5.82 Å². The van der Waals surface area contributed by atoms with E-state index in [0.29, 0.717) is 0 Å². The normalized spacial score (nSPS) is 16.5. The number of ether oxygens (including phenoxy) is 1. The molecule has 23 heavy (non-hydrogen) atoms. The summed E-state index contributed by atoms with van der Waals surface area (Å²) in [6.07, 6.45) is 5.39. The van der Waals surface area contributed by atoms with Crippen molar-refractivity contribution < 1.29 is 4.74 Å². The second kappa shape index (κ2) is 9.00. The minimum atomic E-state index is 0.783. The molecule has 1 aliphatic rings. The summed E-state index contributed by atoms with van der Waals surface area (Å²) in [7, 11) is 1.67. The molecule has 1 saturated heterocycles. The van der Waals surface area contributed by atoms with Crippen molar-refractivity contribution in [3.8, 4) is 0 Å². The van der Waals surface area contributed by atoms with E-state index >= 15 is 0 Å². The Hall–Kier alpha value is -2.27. The summed E-state index contributed by atoms with van der Waals surface area (Å²) in [5, 5.41) is 3.35. The Morgan fingerprint density at radius 1 is 1.26 bits per heavy atom. The Kier molecular flexibility index (Phi) is 6.69. The number of nitrogens with one attached hydrogen (secondary N) is 1. The molecular weight excluding hydrogens is 288 g/mol. The van der Waals surface area contributed by atoms with E-state index in [1.54, 1.807) is 19.4 Å². The third-order valence-electron chi connectivity index (χ3n) is 3.96. The lowest BCUT2D eigenvalue weighted by atomic mass is 10.2. The summed E-state index contributed by atoms with van der Waals surface area (Å²) in [5.41, 5.74) is 1.02. The Balaban J connectivity index is 1.78. The van der Waals surface area contributed by atoms with Crippen LogP contribution in [0.5, 0.6) is 0 Å². The summed E-state index contributed by atoms with van der Waals surface area (Å²) in [4.78, 5) is 9.02. The third-order valence-corrected chi connectivity index (χ3v) is 3.96. The van der Waals surface area contributed by atoms with Crippen LogP contribution in [0.4, 0.5) is 5.82 Å². The first kappa shape index (κ1) is 17.1. The standard InChI is InChI=1S/C18H26N4O/c1-4-16(17(5-2)23-3)22-14-12-21(13-15-22)11-10-20-18-8-6-7-9-19-18/h4-9H,1-2,10-15H2,3H3,(H,19,20)/b17-16-. The minimum Gasteiger partial charge on any atom is -0.495 e. The molecule has 0 aromatic carbocycles. The summed E-state index contributed by atoms with van der Waals surface area (Å²) >= 11 is 0. The van der Waals surface area contributed by atoms with Crippen LogP contribution in [0.25, 0.3) is 0 Å². The summed E-state index contributed by atoms with van der Waals surface area (Å²) in [5.74, 6) is 1.71. The predicted molar refractivity (Wildman–Crippen MR) is 95.2 cm³/mol. The van der Waals surface area contributed by atoms with Gasteiger partial charge in [0.05, 0.1) is 12.8 Å². The average Bonchev–Trinajstić information content (AvgIpc) is 2.61. The van der Waals surface area contributed by atoms with E-state index in [2.05, 4.69) is 33.3 Å². The summed E-state index contributed by atoms with van der Waals surface area (Å²) in [6.45, 7) is 13.6. The van der Waals surface area contributed by atoms with Gasteiger partial charge in [-0.15, -0.1) is 0 Å². The minimum absolute atomic E-state index is 0.783. The molecule has 1 aromatic rings. The van der Waals surface area contributed by atoms with Crippen molar-refractivity contribution in [1.29, 1.82) is 0 Å². The van der Waals surface area contributed by atoms with E-state index in [1.807, 2.05) is 24.3 Å². The zero-order chi connectivity index (χ0) is 16.5. The van der Waals surface area contributed by atoms with Gasteiger partial charge in [-0.05, 0) is 24.3 Å². The maximum absolute atomic E-state index is 5.36. The van der Waals surface area contributed by atoms with Gasteiger partial charge in [0.1, 0.15) is 11.6 Å². The number of hydrogen-bond acceptors (Lipinski definition) is 5. The van der Waals surface area contributed by atoms with Crippen molar-refractivity contribution in [2.24, 2.45) is 0 Å². The molecule has 1 aromatic heterocycles. The fourth-order valence-electron chi connectivity index (χ4n) is 2.70. The highest BCUT2D eigenvalue weighted by Crippen LogP contribution is 2.16. The molecule has 0 unspecified atom stereocenters. The first-order valence-electron chi connectivity index (χ1n) is 7.93. The molecular formula is C18H26N4O. The van der Waals surface area contributed by atoms with Crippen LogP contribution in [-0.4, -0.2) is 61.2 Å². The molecule has 0 spiro atoms. The van der Waals surface area contributed by atoms with Crippen LogP contribution in [0.3, 0.4) is 0 Å². The third kappa shape index (κ3) is 4.86. The Morgan fingerprint density at radius 2 is 2.04 bits per heavy atom. The number of aromatic nitrogens is 1. The number of piperazine rings is 1. The lowest BCUT2D eigenvalue weighted by Crippen LogP contribution is -2.47. The Morgan fingerprint density at radius 3 is 2.61 bits per heavy atom. The lowest BCUT2D eigenvalue weighted by molar-refractivity contribution is 0.159. The number of pyridine rings is 1. The first-order valence-corrected chi connectivity index (χ1v) is 7.93. The van der Waals surface area contributed by atoms with Crippen LogP contribution in [0.15, 0.2) is 61.2 Å². The average molecular weight is 314 g/mol. The molecule has 0 bridgehead atoms. The topological polar surface area (TPSA) is 40.6 Å². The molecule has 0 aliphatic carbocycles. The molecule has 0 amide bonds.